The Kier molecular flexibility index (Phi) is 1.86. The molecule has 0 amide bonds. The lowest BCUT2D eigenvalue weighted by Gasteiger charge is -1.97. The lowest BCUT2D eigenvalue weighted by Crippen LogP contribution is -1.89. The van der Waals surface area contributed by atoms with Gasteiger partial charge in [0, 0.05) is 29.2 Å². The number of nitrogens with zero attached hydrogens (tertiary/aromatic N) is 1. The molecule has 0 N–H and O–H groups in total. The zero-order valence-corrected chi connectivity index (χ0v) is 8.76. The number of benzene rings is 1. The smallest absolute Gasteiger partial charge is 0.0483 e. The predicted octanol–water partition coefficient (Wildman–Crippen LogP) is 2.78. The minimum Gasteiger partial charge on any atom is -0.348 e. The summed E-state index contributed by atoms with van der Waals surface area (Å²) in [6.07, 6.45) is 5.38. The van der Waals surface area contributed by atoms with Crippen LogP contribution in [0.2, 0.25) is 0 Å². The molecule has 70 valence electrons. The van der Waals surface area contributed by atoms with Gasteiger partial charge in [0.25, 0.3) is 0 Å². The van der Waals surface area contributed by atoms with Gasteiger partial charge in [-0.15, -0.1) is 6.42 Å². The van der Waals surface area contributed by atoms with Crippen molar-refractivity contribution in [3.8, 4) is 12.3 Å². The van der Waals surface area contributed by atoms with Crippen LogP contribution in [0.5, 0.6) is 0 Å². The molecule has 0 atom stereocenters. The zero-order chi connectivity index (χ0) is 10.3. The fraction of sp³-hybridized carbons (Fsp3) is 0.231. The number of hydrogen-bond acceptors (Lipinski definition) is 0. The summed E-state index contributed by atoms with van der Waals surface area (Å²) < 4.78 is 2.20. The van der Waals surface area contributed by atoms with Gasteiger partial charge in [0.2, 0.25) is 0 Å². The summed E-state index contributed by atoms with van der Waals surface area (Å²) in [5.41, 5.74) is 4.82. The van der Waals surface area contributed by atoms with E-state index in [1.807, 2.05) is 6.07 Å². The van der Waals surface area contributed by atoms with Crippen LogP contribution < -0.4 is 0 Å². The Labute approximate surface area is 84.4 Å². The van der Waals surface area contributed by atoms with E-state index in [0.29, 0.717) is 0 Å². The van der Waals surface area contributed by atoms with E-state index in [1.165, 1.54) is 22.2 Å². The molecule has 1 nitrogen and oxygen atoms in total. The Morgan fingerprint density at radius 3 is 2.64 bits per heavy atom. The molecule has 0 saturated carbocycles. The van der Waals surface area contributed by atoms with Gasteiger partial charge >= 0.3 is 0 Å². The first-order valence-corrected chi connectivity index (χ1v) is 4.67. The van der Waals surface area contributed by atoms with Crippen LogP contribution in [0.15, 0.2) is 18.2 Å². The van der Waals surface area contributed by atoms with E-state index in [2.05, 4.69) is 43.5 Å². The van der Waals surface area contributed by atoms with Gasteiger partial charge < -0.3 is 4.57 Å². The van der Waals surface area contributed by atoms with Crippen LogP contribution in [0, 0.1) is 26.2 Å². The summed E-state index contributed by atoms with van der Waals surface area (Å²) in [6.45, 7) is 4.27. The number of hydrogen-bond donors (Lipinski definition) is 0. The maximum Gasteiger partial charge on any atom is 0.0483 e. The zero-order valence-electron chi connectivity index (χ0n) is 8.76. The number of terminal acetylenes is 1. The average Bonchev–Trinajstić information content (AvgIpc) is 2.44. The van der Waals surface area contributed by atoms with Crippen molar-refractivity contribution in [1.82, 2.24) is 4.57 Å². The van der Waals surface area contributed by atoms with E-state index in [9.17, 15) is 0 Å². The highest BCUT2D eigenvalue weighted by Gasteiger charge is 2.07. The maximum absolute atomic E-state index is 5.38. The third-order valence-electron chi connectivity index (χ3n) is 2.97. The molecule has 1 aromatic heterocycles. The largest absolute Gasteiger partial charge is 0.348 e. The first-order valence-electron chi connectivity index (χ1n) is 4.67. The third kappa shape index (κ3) is 1.04. The number of fused-ring (bicyclic) bond motifs is 1. The SMILES string of the molecule is C#Cc1ccc2c(c1)c(C)c(C)n2C. The second-order valence-electron chi connectivity index (χ2n) is 3.65. The molecular weight excluding hydrogens is 170 g/mol. The molecule has 2 rings (SSSR count). The Morgan fingerprint density at radius 1 is 1.29 bits per heavy atom. The molecule has 1 heterocycles. The highest BCUT2D eigenvalue weighted by atomic mass is 14.9. The van der Waals surface area contributed by atoms with E-state index in [1.54, 1.807) is 0 Å². The van der Waals surface area contributed by atoms with E-state index < -0.39 is 0 Å². The van der Waals surface area contributed by atoms with Crippen LogP contribution in [0.1, 0.15) is 16.8 Å². The van der Waals surface area contributed by atoms with Crippen LogP contribution in [0.25, 0.3) is 10.9 Å². The molecule has 0 aliphatic rings. The standard InChI is InChI=1S/C13H13N/c1-5-11-6-7-13-12(8-11)9(2)10(3)14(13)4/h1,6-8H,2-4H3. The lowest BCUT2D eigenvalue weighted by atomic mass is 10.1. The molecule has 0 aliphatic carbocycles. The van der Waals surface area contributed by atoms with Crippen molar-refractivity contribution in [3.05, 3.63) is 35.0 Å². The van der Waals surface area contributed by atoms with Gasteiger partial charge in [-0.1, -0.05) is 5.92 Å². The quantitative estimate of drug-likeness (QED) is 0.553. The molecule has 0 unspecified atom stereocenters. The van der Waals surface area contributed by atoms with E-state index >= 15 is 0 Å². The number of aromatic nitrogens is 1. The van der Waals surface area contributed by atoms with Crippen molar-refractivity contribution in [3.63, 3.8) is 0 Å². The molecule has 0 bridgehead atoms. The fourth-order valence-electron chi connectivity index (χ4n) is 1.85. The molecule has 1 heteroatoms. The molecule has 0 fully saturated rings. The minimum absolute atomic E-state index is 0.950. The van der Waals surface area contributed by atoms with Crippen LogP contribution in [-0.2, 0) is 7.05 Å². The first-order chi connectivity index (χ1) is 6.65. The summed E-state index contributed by atoms with van der Waals surface area (Å²) in [5, 5.41) is 1.26. The minimum atomic E-state index is 0.950. The Hall–Kier alpha value is -1.68. The fourth-order valence-corrected chi connectivity index (χ4v) is 1.85. The summed E-state index contributed by atoms with van der Waals surface area (Å²) >= 11 is 0. The van der Waals surface area contributed by atoms with Gasteiger partial charge in [-0.2, -0.15) is 0 Å². The Balaban J connectivity index is 2.91. The maximum atomic E-state index is 5.38. The summed E-state index contributed by atoms with van der Waals surface area (Å²) in [7, 11) is 2.08. The second kappa shape index (κ2) is 2.92. The summed E-state index contributed by atoms with van der Waals surface area (Å²) in [4.78, 5) is 0. The van der Waals surface area contributed by atoms with Crippen LogP contribution in [0.4, 0.5) is 0 Å². The van der Waals surface area contributed by atoms with Gasteiger partial charge in [0.15, 0.2) is 0 Å². The van der Waals surface area contributed by atoms with Gasteiger partial charge in [0.05, 0.1) is 0 Å². The molecule has 14 heavy (non-hydrogen) atoms. The molecule has 0 aliphatic heterocycles. The topological polar surface area (TPSA) is 4.93 Å². The van der Waals surface area contributed by atoms with Crippen LogP contribution in [-0.4, -0.2) is 4.57 Å². The Morgan fingerprint density at radius 2 is 2.00 bits per heavy atom. The van der Waals surface area contributed by atoms with Crippen molar-refractivity contribution < 1.29 is 0 Å². The van der Waals surface area contributed by atoms with Crippen LogP contribution >= 0.6 is 0 Å². The van der Waals surface area contributed by atoms with E-state index in [0.717, 1.165) is 5.56 Å². The molecule has 1 aromatic carbocycles. The van der Waals surface area contributed by atoms with Gasteiger partial charge in [-0.05, 0) is 37.6 Å². The highest BCUT2D eigenvalue weighted by Crippen LogP contribution is 2.24. The molecule has 2 aromatic rings. The monoisotopic (exact) mass is 183 g/mol. The van der Waals surface area contributed by atoms with Crippen molar-refractivity contribution >= 4 is 10.9 Å². The van der Waals surface area contributed by atoms with Gasteiger partial charge in [0.1, 0.15) is 0 Å². The van der Waals surface area contributed by atoms with Crippen LogP contribution in [0.3, 0.4) is 0 Å². The van der Waals surface area contributed by atoms with Crippen molar-refractivity contribution in [2.75, 3.05) is 0 Å². The Bertz CT molecular complexity index is 538. The molecule has 0 saturated heterocycles. The summed E-state index contributed by atoms with van der Waals surface area (Å²) in [5.74, 6) is 2.67. The number of aryl methyl sites for hydroxylation is 2. The third-order valence-corrected chi connectivity index (χ3v) is 2.97. The molecule has 0 radical (unpaired) electrons. The van der Waals surface area contributed by atoms with Crippen molar-refractivity contribution in [2.45, 2.75) is 13.8 Å². The molecule has 0 spiro atoms. The highest BCUT2D eigenvalue weighted by molar-refractivity contribution is 5.86. The van der Waals surface area contributed by atoms with E-state index in [-0.39, 0.29) is 0 Å². The number of rotatable bonds is 0. The second-order valence-corrected chi connectivity index (χ2v) is 3.65. The first kappa shape index (κ1) is 8.90. The van der Waals surface area contributed by atoms with Crippen molar-refractivity contribution in [2.24, 2.45) is 7.05 Å². The van der Waals surface area contributed by atoms with Gasteiger partial charge in [-0.3, -0.25) is 0 Å². The van der Waals surface area contributed by atoms with E-state index in [4.69, 9.17) is 6.42 Å². The van der Waals surface area contributed by atoms with Crippen molar-refractivity contribution in [1.29, 1.82) is 0 Å². The normalized spacial score (nSPS) is 10.4. The lowest BCUT2D eigenvalue weighted by molar-refractivity contribution is 0.910. The predicted molar refractivity (Wildman–Crippen MR) is 60.3 cm³/mol. The molecular formula is C13H13N. The van der Waals surface area contributed by atoms with Gasteiger partial charge in [-0.25, -0.2) is 0 Å². The average molecular weight is 183 g/mol. The summed E-state index contributed by atoms with van der Waals surface area (Å²) in [6, 6.07) is 6.16.